The fraction of sp³-hybridized carbons (Fsp3) is 0.348. The van der Waals surface area contributed by atoms with Crippen molar-refractivity contribution in [1.29, 1.82) is 0 Å². The molecule has 3 aromatic rings. The monoisotopic (exact) mass is 410 g/mol. The molecule has 7 heteroatoms. The zero-order valence-corrected chi connectivity index (χ0v) is 17.7. The molecule has 0 aliphatic heterocycles. The van der Waals surface area contributed by atoms with E-state index in [0.717, 1.165) is 29.9 Å². The summed E-state index contributed by atoms with van der Waals surface area (Å²) in [7, 11) is 1.67. The van der Waals surface area contributed by atoms with Crippen LogP contribution in [0, 0.1) is 20.8 Å². The number of aromatic nitrogens is 2. The number of carbonyl (C=O) groups is 2. The Labute approximate surface area is 175 Å². The van der Waals surface area contributed by atoms with Crippen LogP contribution in [0.4, 0.5) is 0 Å². The van der Waals surface area contributed by atoms with Crippen LogP contribution in [0.2, 0.25) is 0 Å². The van der Waals surface area contributed by atoms with Gasteiger partial charge in [0, 0.05) is 42.8 Å². The van der Waals surface area contributed by atoms with Gasteiger partial charge in [-0.1, -0.05) is 35.5 Å². The van der Waals surface area contributed by atoms with Crippen LogP contribution < -0.4 is 0 Å². The lowest BCUT2D eigenvalue weighted by molar-refractivity contribution is 0.0473. The standard InChI is InChI=1S/C23H26N2O5/c1-15-13-19(16(2)25(15)11-8-12-28-4)20(26)14-29-23(27)21-17(3)30-24-22(21)18-9-6-5-7-10-18/h5-7,9-10,13H,8,11-12,14H2,1-4H3. The Balaban J connectivity index is 1.71. The molecule has 0 amide bonds. The molecule has 30 heavy (non-hydrogen) atoms. The lowest BCUT2D eigenvalue weighted by atomic mass is 10.1. The second kappa shape index (κ2) is 9.54. The van der Waals surface area contributed by atoms with E-state index in [1.165, 1.54) is 0 Å². The highest BCUT2D eigenvalue weighted by Gasteiger charge is 2.24. The summed E-state index contributed by atoms with van der Waals surface area (Å²) in [5.74, 6) is -0.526. The van der Waals surface area contributed by atoms with E-state index in [9.17, 15) is 9.59 Å². The van der Waals surface area contributed by atoms with Gasteiger partial charge in [-0.25, -0.2) is 4.79 Å². The Morgan fingerprint density at radius 3 is 2.57 bits per heavy atom. The normalized spacial score (nSPS) is 10.9. The largest absolute Gasteiger partial charge is 0.454 e. The summed E-state index contributed by atoms with van der Waals surface area (Å²) in [5, 5.41) is 3.98. The molecule has 3 rings (SSSR count). The first kappa shape index (κ1) is 21.5. The fourth-order valence-electron chi connectivity index (χ4n) is 3.48. The van der Waals surface area contributed by atoms with Crippen molar-refractivity contribution in [2.24, 2.45) is 0 Å². The summed E-state index contributed by atoms with van der Waals surface area (Å²) in [4.78, 5) is 25.4. The zero-order chi connectivity index (χ0) is 21.7. The zero-order valence-electron chi connectivity index (χ0n) is 17.7. The number of ketones is 1. The molecule has 0 N–H and O–H groups in total. The molecule has 1 aromatic carbocycles. The minimum atomic E-state index is -0.630. The van der Waals surface area contributed by atoms with Gasteiger partial charge in [-0.05, 0) is 33.3 Å². The molecule has 0 radical (unpaired) electrons. The molecule has 0 spiro atoms. The quantitative estimate of drug-likeness (QED) is 0.299. The van der Waals surface area contributed by atoms with E-state index < -0.39 is 5.97 Å². The molecular formula is C23H26N2O5. The Bertz CT molecular complexity index is 1030. The number of hydrogen-bond donors (Lipinski definition) is 0. The van der Waals surface area contributed by atoms with E-state index >= 15 is 0 Å². The molecule has 7 nitrogen and oxygen atoms in total. The van der Waals surface area contributed by atoms with Gasteiger partial charge in [0.05, 0.1) is 0 Å². The van der Waals surface area contributed by atoms with Crippen LogP contribution in [0.5, 0.6) is 0 Å². The lowest BCUT2D eigenvalue weighted by Gasteiger charge is -2.09. The highest BCUT2D eigenvalue weighted by Crippen LogP contribution is 2.26. The van der Waals surface area contributed by atoms with E-state index in [0.29, 0.717) is 23.6 Å². The third-order valence-corrected chi connectivity index (χ3v) is 5.05. The molecule has 2 heterocycles. The molecule has 0 aliphatic carbocycles. The van der Waals surface area contributed by atoms with E-state index in [1.54, 1.807) is 14.0 Å². The van der Waals surface area contributed by atoms with Crippen LogP contribution in [-0.4, -0.2) is 41.8 Å². The number of ether oxygens (including phenoxy) is 2. The van der Waals surface area contributed by atoms with Crippen molar-refractivity contribution in [3.05, 3.63) is 64.7 Å². The van der Waals surface area contributed by atoms with Gasteiger partial charge in [0.2, 0.25) is 5.78 Å². The second-order valence-electron chi connectivity index (χ2n) is 7.11. The summed E-state index contributed by atoms with van der Waals surface area (Å²) >= 11 is 0. The maximum atomic E-state index is 12.7. The number of Topliss-reactive ketones (excluding diaryl/α,β-unsaturated/α-hetero) is 1. The van der Waals surface area contributed by atoms with Crippen molar-refractivity contribution in [1.82, 2.24) is 9.72 Å². The maximum absolute atomic E-state index is 12.7. The van der Waals surface area contributed by atoms with Crippen molar-refractivity contribution in [3.63, 3.8) is 0 Å². The van der Waals surface area contributed by atoms with Gasteiger partial charge in [0.1, 0.15) is 17.0 Å². The summed E-state index contributed by atoms with van der Waals surface area (Å²) in [6, 6.07) is 11.1. The van der Waals surface area contributed by atoms with Gasteiger partial charge >= 0.3 is 5.97 Å². The minimum absolute atomic E-state index is 0.235. The van der Waals surface area contributed by atoms with E-state index in [1.807, 2.05) is 50.2 Å². The molecule has 0 atom stereocenters. The van der Waals surface area contributed by atoms with Crippen molar-refractivity contribution < 1.29 is 23.6 Å². The average Bonchev–Trinajstić information content (AvgIpc) is 3.27. The molecule has 0 saturated heterocycles. The van der Waals surface area contributed by atoms with E-state index in [2.05, 4.69) is 9.72 Å². The summed E-state index contributed by atoms with van der Waals surface area (Å²) < 4.78 is 17.7. The SMILES string of the molecule is COCCCn1c(C)cc(C(=O)COC(=O)c2c(-c3ccccc3)noc2C)c1C. The first-order chi connectivity index (χ1) is 14.4. The Kier molecular flexibility index (Phi) is 6.84. The first-order valence-electron chi connectivity index (χ1n) is 9.81. The number of rotatable bonds is 9. The summed E-state index contributed by atoms with van der Waals surface area (Å²) in [6.45, 7) is 6.56. The van der Waals surface area contributed by atoms with Crippen LogP contribution in [-0.2, 0) is 16.0 Å². The van der Waals surface area contributed by atoms with E-state index in [4.69, 9.17) is 14.0 Å². The number of aryl methyl sites for hydroxylation is 2. The number of hydrogen-bond acceptors (Lipinski definition) is 6. The first-order valence-corrected chi connectivity index (χ1v) is 9.81. The average molecular weight is 410 g/mol. The predicted molar refractivity (Wildman–Crippen MR) is 112 cm³/mol. The van der Waals surface area contributed by atoms with Gasteiger partial charge in [-0.2, -0.15) is 0 Å². The Morgan fingerprint density at radius 2 is 1.87 bits per heavy atom. The molecular weight excluding hydrogens is 384 g/mol. The Hall–Kier alpha value is -3.19. The highest BCUT2D eigenvalue weighted by molar-refractivity contribution is 6.02. The van der Waals surface area contributed by atoms with Gasteiger partial charge in [0.25, 0.3) is 0 Å². The molecule has 2 aromatic heterocycles. The molecule has 158 valence electrons. The Morgan fingerprint density at radius 1 is 1.13 bits per heavy atom. The molecule has 0 unspecified atom stereocenters. The minimum Gasteiger partial charge on any atom is -0.454 e. The lowest BCUT2D eigenvalue weighted by Crippen LogP contribution is -2.16. The van der Waals surface area contributed by atoms with Crippen molar-refractivity contribution in [2.75, 3.05) is 20.3 Å². The second-order valence-corrected chi connectivity index (χ2v) is 7.11. The van der Waals surface area contributed by atoms with Crippen molar-refractivity contribution in [2.45, 2.75) is 33.7 Å². The van der Waals surface area contributed by atoms with Gasteiger partial charge in [-0.15, -0.1) is 0 Å². The molecule has 0 bridgehead atoms. The third-order valence-electron chi connectivity index (χ3n) is 5.05. The van der Waals surface area contributed by atoms with Crippen LogP contribution in [0.1, 0.15) is 44.3 Å². The number of esters is 1. The van der Waals surface area contributed by atoms with Crippen LogP contribution >= 0.6 is 0 Å². The van der Waals surface area contributed by atoms with Gasteiger partial charge < -0.3 is 18.6 Å². The van der Waals surface area contributed by atoms with Crippen molar-refractivity contribution in [3.8, 4) is 11.3 Å². The van der Waals surface area contributed by atoms with Crippen LogP contribution in [0.25, 0.3) is 11.3 Å². The molecule has 0 saturated carbocycles. The number of methoxy groups -OCH3 is 1. The highest BCUT2D eigenvalue weighted by atomic mass is 16.5. The predicted octanol–water partition coefficient (Wildman–Crippen LogP) is 4.14. The number of benzene rings is 1. The molecule has 0 aliphatic rings. The van der Waals surface area contributed by atoms with Crippen molar-refractivity contribution >= 4 is 11.8 Å². The summed E-state index contributed by atoms with van der Waals surface area (Å²) in [5.41, 5.74) is 3.78. The van der Waals surface area contributed by atoms with Gasteiger partial charge in [-0.3, -0.25) is 4.79 Å². The van der Waals surface area contributed by atoms with Crippen LogP contribution in [0.3, 0.4) is 0 Å². The number of nitrogens with zero attached hydrogens (tertiary/aromatic N) is 2. The number of carbonyl (C=O) groups excluding carboxylic acids is 2. The topological polar surface area (TPSA) is 83.6 Å². The smallest absolute Gasteiger partial charge is 0.344 e. The van der Waals surface area contributed by atoms with Crippen LogP contribution in [0.15, 0.2) is 40.9 Å². The third kappa shape index (κ3) is 4.52. The maximum Gasteiger partial charge on any atom is 0.344 e. The van der Waals surface area contributed by atoms with Gasteiger partial charge in [0.15, 0.2) is 6.61 Å². The summed E-state index contributed by atoms with van der Waals surface area (Å²) in [6.07, 6.45) is 0.852. The molecule has 0 fully saturated rings. The van der Waals surface area contributed by atoms with E-state index in [-0.39, 0.29) is 18.0 Å². The fourth-order valence-corrected chi connectivity index (χ4v) is 3.48.